The first-order valence-corrected chi connectivity index (χ1v) is 10.0. The molecule has 4 rings (SSSR count). The molecule has 9 nitrogen and oxygen atoms in total. The molecule has 0 saturated carbocycles. The number of nitrogens with zero attached hydrogens (tertiary/aromatic N) is 3. The second-order valence-corrected chi connectivity index (χ2v) is 7.87. The van der Waals surface area contributed by atoms with Crippen LogP contribution >= 0.6 is 0 Å². The molecule has 1 fully saturated rings. The van der Waals surface area contributed by atoms with E-state index in [9.17, 15) is 37.5 Å². The van der Waals surface area contributed by atoms with Gasteiger partial charge in [0, 0.05) is 25.3 Å². The molecule has 1 N–H and O–H groups in total. The van der Waals surface area contributed by atoms with E-state index in [0.29, 0.717) is 10.4 Å². The van der Waals surface area contributed by atoms with Crippen LogP contribution < -0.4 is 10.7 Å². The van der Waals surface area contributed by atoms with Gasteiger partial charge in [-0.25, -0.2) is 9.59 Å². The smallest absolute Gasteiger partial charge is 0.419 e. The molecule has 0 spiro atoms. The van der Waals surface area contributed by atoms with E-state index in [2.05, 4.69) is 0 Å². The van der Waals surface area contributed by atoms with Crippen molar-refractivity contribution in [2.45, 2.75) is 19.6 Å². The Labute approximate surface area is 189 Å². The van der Waals surface area contributed by atoms with Gasteiger partial charge in [0.25, 0.3) is 0 Å². The summed E-state index contributed by atoms with van der Waals surface area (Å²) in [5.41, 5.74) is -0.309. The highest BCUT2D eigenvalue weighted by atomic mass is 19.4. The van der Waals surface area contributed by atoms with Crippen molar-refractivity contribution < 1.29 is 37.1 Å². The minimum atomic E-state index is -4.64. The van der Waals surface area contributed by atoms with Crippen LogP contribution in [0.3, 0.4) is 0 Å². The van der Waals surface area contributed by atoms with Crippen LogP contribution in [-0.4, -0.2) is 39.0 Å². The van der Waals surface area contributed by atoms with E-state index >= 15 is 0 Å². The number of hydrogen-bond donors (Lipinski definition) is 1. The molecule has 0 aliphatic carbocycles. The number of anilines is 1. The second-order valence-electron chi connectivity index (χ2n) is 7.87. The van der Waals surface area contributed by atoms with E-state index < -0.39 is 54.4 Å². The summed E-state index contributed by atoms with van der Waals surface area (Å²) < 4.78 is 46.3. The van der Waals surface area contributed by atoms with E-state index in [4.69, 9.17) is 4.42 Å². The normalized spacial score (nSPS) is 17.0. The van der Waals surface area contributed by atoms with Crippen molar-refractivity contribution in [1.29, 1.82) is 0 Å². The SMILES string of the molecule is Cc1c(CN2C(=O)C(C(=O)O)CN(c3ccc4c(c3)oc(=O)n4C)C2=O)cccc1C(F)(F)F. The van der Waals surface area contributed by atoms with Gasteiger partial charge >= 0.3 is 23.9 Å². The highest BCUT2D eigenvalue weighted by Crippen LogP contribution is 2.34. The Bertz CT molecular complexity index is 1390. The number of amides is 3. The molecule has 1 aliphatic rings. The summed E-state index contributed by atoms with van der Waals surface area (Å²) in [6.07, 6.45) is -4.64. The van der Waals surface area contributed by atoms with Crippen molar-refractivity contribution in [3.8, 4) is 0 Å². The maximum Gasteiger partial charge on any atom is 0.419 e. The van der Waals surface area contributed by atoms with Crippen molar-refractivity contribution in [3.05, 3.63) is 63.6 Å². The first-order valence-electron chi connectivity index (χ1n) is 10.0. The van der Waals surface area contributed by atoms with Crippen LogP contribution in [0, 0.1) is 12.8 Å². The minimum absolute atomic E-state index is 0.0482. The number of halogens is 3. The third-order valence-corrected chi connectivity index (χ3v) is 5.86. The van der Waals surface area contributed by atoms with Crippen LogP contribution in [-0.2, 0) is 29.4 Å². The highest BCUT2D eigenvalue weighted by molar-refractivity contribution is 6.12. The zero-order chi connectivity index (χ0) is 24.9. The van der Waals surface area contributed by atoms with E-state index in [1.807, 2.05) is 0 Å². The lowest BCUT2D eigenvalue weighted by atomic mass is 9.99. The first-order chi connectivity index (χ1) is 15.9. The van der Waals surface area contributed by atoms with Crippen molar-refractivity contribution in [1.82, 2.24) is 9.47 Å². The van der Waals surface area contributed by atoms with Crippen LogP contribution in [0.15, 0.2) is 45.6 Å². The molecule has 1 saturated heterocycles. The molecule has 2 heterocycles. The number of aliphatic carboxylic acids is 1. The monoisotopic (exact) mass is 477 g/mol. The van der Waals surface area contributed by atoms with Crippen LogP contribution in [0.5, 0.6) is 0 Å². The molecule has 1 atom stereocenters. The number of aryl methyl sites for hydroxylation is 1. The number of oxazole rings is 1. The molecule has 1 unspecified atom stereocenters. The molecule has 0 bridgehead atoms. The zero-order valence-corrected chi connectivity index (χ0v) is 17.9. The predicted molar refractivity (Wildman–Crippen MR) is 112 cm³/mol. The summed E-state index contributed by atoms with van der Waals surface area (Å²) in [6.45, 7) is 0.179. The van der Waals surface area contributed by atoms with Crippen molar-refractivity contribution in [3.63, 3.8) is 0 Å². The summed E-state index contributed by atoms with van der Waals surface area (Å²) in [6, 6.07) is 6.78. The lowest BCUT2D eigenvalue weighted by Gasteiger charge is -2.37. The zero-order valence-electron chi connectivity index (χ0n) is 17.9. The van der Waals surface area contributed by atoms with Gasteiger partial charge in [0.05, 0.1) is 17.6 Å². The Balaban J connectivity index is 1.75. The number of rotatable bonds is 4. The van der Waals surface area contributed by atoms with Crippen LogP contribution in [0.4, 0.5) is 23.7 Å². The molecule has 1 aliphatic heterocycles. The predicted octanol–water partition coefficient (Wildman–Crippen LogP) is 3.13. The number of imide groups is 1. The largest absolute Gasteiger partial charge is 0.481 e. The molecular weight excluding hydrogens is 459 g/mol. The average Bonchev–Trinajstić information content (AvgIpc) is 3.04. The lowest BCUT2D eigenvalue weighted by molar-refractivity contribution is -0.150. The number of carbonyl (C=O) groups is 3. The second kappa shape index (κ2) is 8.04. The van der Waals surface area contributed by atoms with Gasteiger partial charge < -0.3 is 9.52 Å². The van der Waals surface area contributed by atoms with E-state index in [1.165, 1.54) is 42.8 Å². The molecule has 1 aromatic heterocycles. The maximum absolute atomic E-state index is 13.3. The number of carboxylic acids is 1. The molecule has 0 radical (unpaired) electrons. The van der Waals surface area contributed by atoms with Gasteiger partial charge in [0.1, 0.15) is 0 Å². The first kappa shape index (κ1) is 23.1. The lowest BCUT2D eigenvalue weighted by Crippen LogP contribution is -2.58. The summed E-state index contributed by atoms with van der Waals surface area (Å²) in [5, 5.41) is 9.56. The van der Waals surface area contributed by atoms with Crippen molar-refractivity contribution in [2.24, 2.45) is 13.0 Å². The summed E-state index contributed by atoms with van der Waals surface area (Å²) >= 11 is 0. The van der Waals surface area contributed by atoms with E-state index in [1.54, 1.807) is 0 Å². The Morgan fingerprint density at radius 1 is 1.18 bits per heavy atom. The number of carbonyl (C=O) groups excluding carboxylic acids is 2. The Morgan fingerprint density at radius 3 is 2.53 bits per heavy atom. The summed E-state index contributed by atoms with van der Waals surface area (Å²) in [5.74, 6) is -4.79. The number of carboxylic acid groups (broad SMARTS) is 1. The molecule has 3 amide bonds. The van der Waals surface area contributed by atoms with Gasteiger partial charge in [-0.05, 0) is 36.2 Å². The Kier molecular flexibility index (Phi) is 5.46. The molecular formula is C22H18F3N3O6. The van der Waals surface area contributed by atoms with Gasteiger partial charge in [0.2, 0.25) is 5.91 Å². The fourth-order valence-electron chi connectivity index (χ4n) is 3.93. The number of fused-ring (bicyclic) bond motifs is 1. The molecule has 2 aromatic carbocycles. The van der Waals surface area contributed by atoms with Crippen molar-refractivity contribution in [2.75, 3.05) is 11.4 Å². The highest BCUT2D eigenvalue weighted by Gasteiger charge is 2.44. The third kappa shape index (κ3) is 3.80. The fraction of sp³-hybridized carbons (Fsp3) is 0.273. The van der Waals surface area contributed by atoms with E-state index in [-0.39, 0.29) is 22.4 Å². The Hall–Kier alpha value is -4.09. The van der Waals surface area contributed by atoms with Gasteiger partial charge in [-0.3, -0.25) is 24.0 Å². The van der Waals surface area contributed by atoms with E-state index in [0.717, 1.165) is 17.0 Å². The number of aromatic nitrogens is 1. The quantitative estimate of drug-likeness (QED) is 0.578. The average molecular weight is 477 g/mol. The summed E-state index contributed by atoms with van der Waals surface area (Å²) in [7, 11) is 1.48. The van der Waals surface area contributed by atoms with Gasteiger partial charge in [-0.1, -0.05) is 12.1 Å². The van der Waals surface area contributed by atoms with Gasteiger partial charge in [0.15, 0.2) is 11.5 Å². The van der Waals surface area contributed by atoms with Crippen molar-refractivity contribution >= 4 is 34.7 Å². The third-order valence-electron chi connectivity index (χ3n) is 5.86. The van der Waals surface area contributed by atoms with Crippen LogP contribution in [0.25, 0.3) is 11.1 Å². The van der Waals surface area contributed by atoms with Gasteiger partial charge in [-0.15, -0.1) is 0 Å². The molecule has 12 heteroatoms. The molecule has 178 valence electrons. The number of alkyl halides is 3. The Morgan fingerprint density at radius 2 is 1.88 bits per heavy atom. The standard InChI is InChI=1S/C22H18F3N3O6/c1-11-12(4-3-5-15(11)22(23,24)25)9-28-18(29)14(19(30)31)10-27(20(28)32)13-6-7-16-17(8-13)34-21(33)26(16)2/h3-8,14H,9-10H2,1-2H3,(H,30,31). The molecule has 34 heavy (non-hydrogen) atoms. The number of benzene rings is 2. The number of hydrogen-bond acceptors (Lipinski definition) is 5. The fourth-order valence-corrected chi connectivity index (χ4v) is 3.93. The topological polar surface area (TPSA) is 113 Å². The van der Waals surface area contributed by atoms with Crippen LogP contribution in [0.2, 0.25) is 0 Å². The van der Waals surface area contributed by atoms with Crippen LogP contribution in [0.1, 0.15) is 16.7 Å². The maximum atomic E-state index is 13.3. The van der Waals surface area contributed by atoms with Gasteiger partial charge in [-0.2, -0.15) is 13.2 Å². The number of urea groups is 1. The summed E-state index contributed by atoms with van der Waals surface area (Å²) in [4.78, 5) is 51.2. The minimum Gasteiger partial charge on any atom is -0.481 e. The molecule has 3 aromatic rings.